The highest BCUT2D eigenvalue weighted by molar-refractivity contribution is 6.11. The number of pyridine rings is 1. The molecule has 2 aromatic heterocycles. The van der Waals surface area contributed by atoms with Crippen LogP contribution >= 0.6 is 0 Å². The number of amides is 1. The SMILES string of the molecule is CC(CCN1c2ccc(C(=O)CCc3ccccn3)c3[nH]cc(c23)C[C@@H](CO)NC(=O)[C@@H]1C(C)C)c1ccccc1. The second-order valence-electron chi connectivity index (χ2n) is 11.5. The minimum Gasteiger partial charge on any atom is -0.394 e. The third-order valence-corrected chi connectivity index (χ3v) is 8.28. The summed E-state index contributed by atoms with van der Waals surface area (Å²) in [5.41, 5.74) is 5.52. The maximum absolute atomic E-state index is 13.7. The monoisotopic (exact) mass is 552 g/mol. The van der Waals surface area contributed by atoms with E-state index in [9.17, 15) is 14.7 Å². The van der Waals surface area contributed by atoms with E-state index >= 15 is 0 Å². The number of nitrogens with zero attached hydrogens (tertiary/aromatic N) is 2. The molecule has 0 saturated carbocycles. The van der Waals surface area contributed by atoms with Crippen LogP contribution in [0.4, 0.5) is 5.69 Å². The highest BCUT2D eigenvalue weighted by Crippen LogP contribution is 2.37. The Balaban J connectivity index is 1.55. The van der Waals surface area contributed by atoms with Gasteiger partial charge in [-0.1, -0.05) is 57.2 Å². The first-order valence-electron chi connectivity index (χ1n) is 14.7. The van der Waals surface area contributed by atoms with E-state index in [-0.39, 0.29) is 24.2 Å². The molecule has 3 N–H and O–H groups in total. The zero-order valence-corrected chi connectivity index (χ0v) is 24.1. The number of benzene rings is 2. The number of aliphatic hydroxyl groups excluding tert-OH is 1. The van der Waals surface area contributed by atoms with Crippen molar-refractivity contribution in [3.63, 3.8) is 0 Å². The topological polar surface area (TPSA) is 98.3 Å². The van der Waals surface area contributed by atoms with Crippen LogP contribution in [0.2, 0.25) is 0 Å². The van der Waals surface area contributed by atoms with E-state index in [4.69, 9.17) is 0 Å². The predicted octanol–water partition coefficient (Wildman–Crippen LogP) is 5.44. The van der Waals surface area contributed by atoms with Crippen LogP contribution in [-0.4, -0.2) is 52.0 Å². The number of H-pyrrole nitrogens is 1. The van der Waals surface area contributed by atoms with E-state index in [1.807, 2.05) is 42.6 Å². The largest absolute Gasteiger partial charge is 0.394 e. The Kier molecular flexibility index (Phi) is 8.84. The quantitative estimate of drug-likeness (QED) is 0.228. The van der Waals surface area contributed by atoms with Crippen LogP contribution in [0.5, 0.6) is 0 Å². The summed E-state index contributed by atoms with van der Waals surface area (Å²) in [6.07, 6.45) is 5.93. The van der Waals surface area contributed by atoms with E-state index in [1.54, 1.807) is 6.20 Å². The summed E-state index contributed by atoms with van der Waals surface area (Å²) in [5.74, 6) is 0.298. The van der Waals surface area contributed by atoms with Gasteiger partial charge in [-0.05, 0) is 66.5 Å². The molecule has 0 radical (unpaired) electrons. The summed E-state index contributed by atoms with van der Waals surface area (Å²) in [4.78, 5) is 37.2. The molecule has 41 heavy (non-hydrogen) atoms. The number of carbonyl (C=O) groups excluding carboxylic acids is 2. The van der Waals surface area contributed by atoms with Crippen molar-refractivity contribution in [3.8, 4) is 0 Å². The zero-order chi connectivity index (χ0) is 28.9. The summed E-state index contributed by atoms with van der Waals surface area (Å²) in [7, 11) is 0. The predicted molar refractivity (Wildman–Crippen MR) is 163 cm³/mol. The third-order valence-electron chi connectivity index (χ3n) is 8.28. The van der Waals surface area contributed by atoms with Crippen molar-refractivity contribution in [2.24, 2.45) is 5.92 Å². The van der Waals surface area contributed by atoms with Gasteiger partial charge in [0, 0.05) is 47.7 Å². The minimum absolute atomic E-state index is 0.0246. The molecule has 7 heteroatoms. The Bertz CT molecular complexity index is 1480. The number of aromatic nitrogens is 2. The van der Waals surface area contributed by atoms with Gasteiger partial charge in [0.25, 0.3) is 0 Å². The molecule has 4 aromatic rings. The lowest BCUT2D eigenvalue weighted by atomic mass is 9.94. The van der Waals surface area contributed by atoms with Crippen molar-refractivity contribution in [1.82, 2.24) is 15.3 Å². The first-order chi connectivity index (χ1) is 19.9. The average molecular weight is 553 g/mol. The number of anilines is 1. The zero-order valence-electron chi connectivity index (χ0n) is 24.1. The second-order valence-corrected chi connectivity index (χ2v) is 11.5. The molecule has 0 bridgehead atoms. The number of rotatable bonds is 10. The van der Waals surface area contributed by atoms with Crippen molar-refractivity contribution in [2.45, 2.75) is 64.5 Å². The van der Waals surface area contributed by atoms with Gasteiger partial charge >= 0.3 is 0 Å². The van der Waals surface area contributed by atoms with Gasteiger partial charge in [0.1, 0.15) is 6.04 Å². The maximum atomic E-state index is 13.7. The Morgan fingerprint density at radius 2 is 1.85 bits per heavy atom. The second kappa shape index (κ2) is 12.7. The number of hydrogen-bond donors (Lipinski definition) is 3. The summed E-state index contributed by atoms with van der Waals surface area (Å²) in [5, 5.41) is 14.2. The lowest BCUT2D eigenvalue weighted by Gasteiger charge is -2.36. The summed E-state index contributed by atoms with van der Waals surface area (Å²) in [6, 6.07) is 19.3. The summed E-state index contributed by atoms with van der Waals surface area (Å²) in [6.45, 7) is 6.86. The third kappa shape index (κ3) is 6.20. The average Bonchev–Trinajstić information content (AvgIpc) is 3.42. The molecule has 3 atom stereocenters. The van der Waals surface area contributed by atoms with E-state index < -0.39 is 12.1 Å². The minimum atomic E-state index is -0.429. The number of aromatic amines is 1. The molecule has 7 nitrogen and oxygen atoms in total. The van der Waals surface area contributed by atoms with Crippen molar-refractivity contribution in [3.05, 3.63) is 95.4 Å². The fraction of sp³-hybridized carbons (Fsp3) is 0.382. The van der Waals surface area contributed by atoms with Crippen LogP contribution in [0.25, 0.3) is 10.9 Å². The number of aliphatic hydroxyl groups is 1. The van der Waals surface area contributed by atoms with Crippen LogP contribution < -0.4 is 10.2 Å². The first kappa shape index (κ1) is 28.6. The molecule has 0 spiro atoms. The van der Waals surface area contributed by atoms with Gasteiger partial charge in [0.2, 0.25) is 5.91 Å². The maximum Gasteiger partial charge on any atom is 0.243 e. The molecule has 0 fully saturated rings. The van der Waals surface area contributed by atoms with Crippen molar-refractivity contribution < 1.29 is 14.7 Å². The van der Waals surface area contributed by atoms with Gasteiger partial charge in [0.05, 0.1) is 18.2 Å². The Morgan fingerprint density at radius 1 is 1.07 bits per heavy atom. The fourth-order valence-corrected chi connectivity index (χ4v) is 6.06. The van der Waals surface area contributed by atoms with E-state index in [0.29, 0.717) is 37.3 Å². The first-order valence-corrected chi connectivity index (χ1v) is 14.7. The van der Waals surface area contributed by atoms with Gasteiger partial charge in [-0.25, -0.2) is 0 Å². The molecule has 2 aromatic carbocycles. The number of Topliss-reactive ketones (excluding diaryl/α,β-unsaturated/α-hetero) is 1. The van der Waals surface area contributed by atoms with Gasteiger partial charge < -0.3 is 20.3 Å². The van der Waals surface area contributed by atoms with E-state index in [2.05, 4.69) is 65.2 Å². The number of ketones is 1. The number of aryl methyl sites for hydroxylation is 1. The van der Waals surface area contributed by atoms with Crippen molar-refractivity contribution in [1.29, 1.82) is 0 Å². The molecular weight excluding hydrogens is 512 g/mol. The van der Waals surface area contributed by atoms with Gasteiger partial charge in [-0.2, -0.15) is 0 Å². The Hall–Kier alpha value is -3.97. The molecule has 0 saturated heterocycles. The van der Waals surface area contributed by atoms with Crippen LogP contribution in [0, 0.1) is 5.92 Å². The van der Waals surface area contributed by atoms with E-state index in [1.165, 1.54) is 5.56 Å². The van der Waals surface area contributed by atoms with Crippen molar-refractivity contribution in [2.75, 3.05) is 18.1 Å². The molecule has 5 rings (SSSR count). The molecule has 0 aliphatic carbocycles. The number of nitrogens with one attached hydrogen (secondary N) is 2. The van der Waals surface area contributed by atoms with Crippen LogP contribution in [-0.2, 0) is 17.6 Å². The highest BCUT2D eigenvalue weighted by Gasteiger charge is 2.34. The molecule has 1 aliphatic rings. The van der Waals surface area contributed by atoms with E-state index in [0.717, 1.165) is 34.3 Å². The van der Waals surface area contributed by atoms with Crippen LogP contribution in [0.3, 0.4) is 0 Å². The molecule has 1 unspecified atom stereocenters. The molecular formula is C34H40N4O3. The van der Waals surface area contributed by atoms with Gasteiger partial charge in [0.15, 0.2) is 5.78 Å². The molecule has 1 amide bonds. The molecule has 1 aliphatic heterocycles. The summed E-state index contributed by atoms with van der Waals surface area (Å²) < 4.78 is 0. The number of hydrogen-bond acceptors (Lipinski definition) is 5. The lowest BCUT2D eigenvalue weighted by molar-refractivity contribution is -0.124. The van der Waals surface area contributed by atoms with Crippen molar-refractivity contribution >= 4 is 28.3 Å². The molecule has 214 valence electrons. The fourth-order valence-electron chi connectivity index (χ4n) is 6.06. The lowest BCUT2D eigenvalue weighted by Crippen LogP contribution is -2.53. The van der Waals surface area contributed by atoms with Crippen LogP contribution in [0.1, 0.15) is 66.7 Å². The Labute approximate surface area is 242 Å². The van der Waals surface area contributed by atoms with Gasteiger partial charge in [-0.15, -0.1) is 0 Å². The standard InChI is InChI=1S/C34H40N4O3/c1-22(2)33-34(41)37-27(21-39)19-25-20-36-32-28(30(40)15-12-26-11-7-8-17-35-26)13-14-29(31(25)32)38(33)18-16-23(3)24-9-5-4-6-10-24/h4-11,13-14,17,20,22-23,27,33,36,39H,12,15-16,18-19,21H2,1-3H3,(H,37,41)/t23?,27-,33-/m0/s1. The number of carbonyl (C=O) groups is 2. The molecule has 3 heterocycles. The highest BCUT2D eigenvalue weighted by atomic mass is 16.3. The van der Waals surface area contributed by atoms with Gasteiger partial charge in [-0.3, -0.25) is 14.6 Å². The summed E-state index contributed by atoms with van der Waals surface area (Å²) >= 11 is 0. The smallest absolute Gasteiger partial charge is 0.243 e. The Morgan fingerprint density at radius 3 is 2.56 bits per heavy atom. The van der Waals surface area contributed by atoms with Crippen LogP contribution in [0.15, 0.2) is 73.1 Å². The normalized spacial score (nSPS) is 18.1.